The number of aliphatic imine (C=N–C) groups is 1. The molecule has 116 valence electrons. The average Bonchev–Trinajstić information content (AvgIpc) is 2.47. The van der Waals surface area contributed by atoms with Crippen molar-refractivity contribution in [3.05, 3.63) is 41.7 Å². The predicted molar refractivity (Wildman–Crippen MR) is 85.2 cm³/mol. The van der Waals surface area contributed by atoms with Crippen LogP contribution in [-0.4, -0.2) is 38.6 Å². The molecule has 0 bridgehead atoms. The summed E-state index contributed by atoms with van der Waals surface area (Å²) >= 11 is 0. The van der Waals surface area contributed by atoms with Gasteiger partial charge in [-0.3, -0.25) is 4.99 Å². The van der Waals surface area contributed by atoms with Crippen molar-refractivity contribution in [2.75, 3.05) is 27.7 Å². The second-order valence-electron chi connectivity index (χ2n) is 4.66. The zero-order valence-corrected chi connectivity index (χ0v) is 13.2. The number of ether oxygens (including phenoxy) is 1. The first-order valence-electron chi connectivity index (χ1n) is 6.97. The van der Waals surface area contributed by atoms with Crippen LogP contribution >= 0.6 is 0 Å². The Morgan fingerprint density at radius 3 is 2.81 bits per heavy atom. The van der Waals surface area contributed by atoms with E-state index in [0.717, 1.165) is 24.5 Å². The molecule has 1 aromatic carbocycles. The third-order valence-electron chi connectivity index (χ3n) is 3.04. The fourth-order valence-electron chi connectivity index (χ4n) is 1.98. The highest BCUT2D eigenvalue weighted by Gasteiger charge is 2.08. The number of methoxy groups -OCH3 is 1. The number of guanidine groups is 1. The SMILES string of the molecule is CC=CCCNC(=NC)N(C)Cc1ccc(OC)c(F)c1. The molecule has 0 amide bonds. The third kappa shape index (κ3) is 5.45. The maximum atomic E-state index is 13.7. The molecule has 0 heterocycles. The van der Waals surface area contributed by atoms with Gasteiger partial charge in [0.15, 0.2) is 17.5 Å². The highest BCUT2D eigenvalue weighted by molar-refractivity contribution is 5.79. The minimum absolute atomic E-state index is 0.260. The van der Waals surface area contributed by atoms with Crippen molar-refractivity contribution in [1.29, 1.82) is 0 Å². The Hall–Kier alpha value is -2.04. The van der Waals surface area contributed by atoms with E-state index in [0.29, 0.717) is 6.54 Å². The highest BCUT2D eigenvalue weighted by Crippen LogP contribution is 2.18. The van der Waals surface area contributed by atoms with Crippen molar-refractivity contribution >= 4 is 5.96 Å². The molecule has 0 radical (unpaired) electrons. The van der Waals surface area contributed by atoms with Crippen molar-refractivity contribution in [2.24, 2.45) is 4.99 Å². The molecule has 0 spiro atoms. The summed E-state index contributed by atoms with van der Waals surface area (Å²) in [5, 5.41) is 3.27. The van der Waals surface area contributed by atoms with Gasteiger partial charge in [0.1, 0.15) is 0 Å². The van der Waals surface area contributed by atoms with Crippen LogP contribution in [0.5, 0.6) is 5.75 Å². The van der Waals surface area contributed by atoms with Crippen LogP contribution in [0.15, 0.2) is 35.3 Å². The van der Waals surface area contributed by atoms with Gasteiger partial charge in [-0.1, -0.05) is 18.2 Å². The maximum Gasteiger partial charge on any atom is 0.193 e. The molecule has 0 fully saturated rings. The Labute approximate surface area is 126 Å². The zero-order valence-electron chi connectivity index (χ0n) is 13.2. The average molecular weight is 293 g/mol. The Balaban J connectivity index is 2.61. The summed E-state index contributed by atoms with van der Waals surface area (Å²) in [7, 11) is 5.12. The molecule has 21 heavy (non-hydrogen) atoms. The van der Waals surface area contributed by atoms with Crippen molar-refractivity contribution < 1.29 is 9.13 Å². The van der Waals surface area contributed by atoms with E-state index in [4.69, 9.17) is 4.74 Å². The van der Waals surface area contributed by atoms with Crippen LogP contribution in [0, 0.1) is 5.82 Å². The van der Waals surface area contributed by atoms with E-state index in [1.807, 2.05) is 31.0 Å². The first-order valence-corrected chi connectivity index (χ1v) is 6.97. The maximum absolute atomic E-state index is 13.7. The van der Waals surface area contributed by atoms with Gasteiger partial charge in [0, 0.05) is 27.2 Å². The molecule has 0 aliphatic heterocycles. The topological polar surface area (TPSA) is 36.9 Å². The molecule has 0 aliphatic rings. The number of halogens is 1. The molecule has 0 aromatic heterocycles. The lowest BCUT2D eigenvalue weighted by atomic mass is 10.2. The lowest BCUT2D eigenvalue weighted by molar-refractivity contribution is 0.385. The van der Waals surface area contributed by atoms with Gasteiger partial charge in [-0.25, -0.2) is 4.39 Å². The van der Waals surface area contributed by atoms with E-state index >= 15 is 0 Å². The molecule has 1 rings (SSSR count). The van der Waals surface area contributed by atoms with Crippen LogP contribution in [0.2, 0.25) is 0 Å². The summed E-state index contributed by atoms with van der Waals surface area (Å²) in [4.78, 5) is 6.18. The van der Waals surface area contributed by atoms with Crippen molar-refractivity contribution in [3.63, 3.8) is 0 Å². The van der Waals surface area contributed by atoms with Gasteiger partial charge in [-0.2, -0.15) is 0 Å². The molecule has 0 unspecified atom stereocenters. The molecule has 0 atom stereocenters. The van der Waals surface area contributed by atoms with Crippen LogP contribution in [0.1, 0.15) is 18.9 Å². The molecule has 0 aliphatic carbocycles. The van der Waals surface area contributed by atoms with Crippen molar-refractivity contribution in [1.82, 2.24) is 10.2 Å². The third-order valence-corrected chi connectivity index (χ3v) is 3.04. The Bertz CT molecular complexity index is 500. The first-order chi connectivity index (χ1) is 10.1. The normalized spacial score (nSPS) is 11.8. The van der Waals surface area contributed by atoms with Crippen LogP contribution in [0.3, 0.4) is 0 Å². The quantitative estimate of drug-likeness (QED) is 0.379. The molecule has 1 aromatic rings. The largest absolute Gasteiger partial charge is 0.494 e. The second kappa shape index (κ2) is 9.00. The molecular formula is C16H24FN3O. The lowest BCUT2D eigenvalue weighted by Gasteiger charge is -2.22. The summed E-state index contributed by atoms with van der Waals surface area (Å²) in [6.07, 6.45) is 5.06. The van der Waals surface area contributed by atoms with Crippen LogP contribution in [0.4, 0.5) is 4.39 Å². The molecule has 1 N–H and O–H groups in total. The number of hydrogen-bond donors (Lipinski definition) is 1. The van der Waals surface area contributed by atoms with E-state index in [1.165, 1.54) is 13.2 Å². The molecule has 4 nitrogen and oxygen atoms in total. The van der Waals surface area contributed by atoms with Gasteiger partial charge >= 0.3 is 0 Å². The smallest absolute Gasteiger partial charge is 0.193 e. The summed E-state index contributed by atoms with van der Waals surface area (Å²) in [6, 6.07) is 4.98. The van der Waals surface area contributed by atoms with Gasteiger partial charge in [0.2, 0.25) is 0 Å². The summed E-state index contributed by atoms with van der Waals surface area (Å²) < 4.78 is 18.6. The van der Waals surface area contributed by atoms with Crippen molar-refractivity contribution in [2.45, 2.75) is 19.9 Å². The van der Waals surface area contributed by atoms with E-state index < -0.39 is 0 Å². The van der Waals surface area contributed by atoms with Gasteiger partial charge in [-0.05, 0) is 31.0 Å². The zero-order chi connectivity index (χ0) is 15.7. The summed E-state index contributed by atoms with van der Waals surface area (Å²) in [5.41, 5.74) is 0.868. The van der Waals surface area contributed by atoms with Crippen LogP contribution < -0.4 is 10.1 Å². The predicted octanol–water partition coefficient (Wildman–Crippen LogP) is 2.81. The fraction of sp³-hybridized carbons (Fsp3) is 0.438. The Morgan fingerprint density at radius 1 is 1.48 bits per heavy atom. The van der Waals surface area contributed by atoms with Crippen LogP contribution in [0.25, 0.3) is 0 Å². The van der Waals surface area contributed by atoms with Crippen LogP contribution in [-0.2, 0) is 6.54 Å². The van der Waals surface area contributed by atoms with Gasteiger partial charge < -0.3 is 15.0 Å². The standard InChI is InChI=1S/C16H24FN3O/c1-5-6-7-10-19-16(18-2)20(3)12-13-8-9-15(21-4)14(17)11-13/h5-6,8-9,11H,7,10,12H2,1-4H3,(H,18,19). The van der Waals surface area contributed by atoms with E-state index in [2.05, 4.69) is 16.4 Å². The number of nitrogens with one attached hydrogen (secondary N) is 1. The number of nitrogens with zero attached hydrogens (tertiary/aromatic N) is 2. The second-order valence-corrected chi connectivity index (χ2v) is 4.66. The fourth-order valence-corrected chi connectivity index (χ4v) is 1.98. The summed E-state index contributed by atoms with van der Waals surface area (Å²) in [5.74, 6) is 0.699. The molecule has 0 saturated carbocycles. The Morgan fingerprint density at radius 2 is 2.24 bits per heavy atom. The summed E-state index contributed by atoms with van der Waals surface area (Å²) in [6.45, 7) is 3.39. The number of allylic oxidation sites excluding steroid dienone is 1. The van der Waals surface area contributed by atoms with E-state index in [-0.39, 0.29) is 11.6 Å². The van der Waals surface area contributed by atoms with Gasteiger partial charge in [0.05, 0.1) is 7.11 Å². The number of hydrogen-bond acceptors (Lipinski definition) is 2. The number of rotatable bonds is 6. The van der Waals surface area contributed by atoms with E-state index in [9.17, 15) is 4.39 Å². The lowest BCUT2D eigenvalue weighted by Crippen LogP contribution is -2.38. The van der Waals surface area contributed by atoms with Gasteiger partial charge in [-0.15, -0.1) is 0 Å². The minimum atomic E-state index is -0.348. The number of benzene rings is 1. The Kier molecular flexibility index (Phi) is 7.29. The monoisotopic (exact) mass is 293 g/mol. The highest BCUT2D eigenvalue weighted by atomic mass is 19.1. The molecule has 5 heteroatoms. The van der Waals surface area contributed by atoms with E-state index in [1.54, 1.807) is 13.1 Å². The molecular weight excluding hydrogens is 269 g/mol. The first kappa shape index (κ1) is 17.0. The van der Waals surface area contributed by atoms with Crippen molar-refractivity contribution in [3.8, 4) is 5.75 Å². The van der Waals surface area contributed by atoms with Gasteiger partial charge in [0.25, 0.3) is 0 Å². The molecule has 0 saturated heterocycles. The minimum Gasteiger partial charge on any atom is -0.494 e.